The number of rotatable bonds is 7. The number of benzene rings is 3. The summed E-state index contributed by atoms with van der Waals surface area (Å²) in [6, 6.07) is 24.2. The SMILES string of the molecule is CCCNC(=O)C1CN(C(=O)c2cccc(OCc3ccccc3)c2)c2ccccc2O1. The molecule has 1 atom stereocenters. The fraction of sp³-hybridized carbons (Fsp3) is 0.231. The molecule has 1 aliphatic heterocycles. The number of fused-ring (bicyclic) bond motifs is 1. The number of hydrogen-bond acceptors (Lipinski definition) is 4. The average Bonchev–Trinajstić information content (AvgIpc) is 2.85. The molecule has 0 fully saturated rings. The van der Waals surface area contributed by atoms with Gasteiger partial charge >= 0.3 is 0 Å². The van der Waals surface area contributed by atoms with Crippen LogP contribution < -0.4 is 19.7 Å². The summed E-state index contributed by atoms with van der Waals surface area (Å²) < 4.78 is 11.8. The van der Waals surface area contributed by atoms with Crippen molar-refractivity contribution in [1.82, 2.24) is 5.32 Å². The molecular formula is C26H26N2O4. The Balaban J connectivity index is 1.54. The van der Waals surface area contributed by atoms with E-state index in [4.69, 9.17) is 9.47 Å². The van der Waals surface area contributed by atoms with E-state index in [-0.39, 0.29) is 18.4 Å². The highest BCUT2D eigenvalue weighted by molar-refractivity contribution is 6.08. The normalized spacial score (nSPS) is 14.8. The van der Waals surface area contributed by atoms with Gasteiger partial charge in [0.2, 0.25) is 0 Å². The van der Waals surface area contributed by atoms with E-state index < -0.39 is 6.10 Å². The Morgan fingerprint density at radius 1 is 1.03 bits per heavy atom. The molecule has 0 saturated heterocycles. The van der Waals surface area contributed by atoms with E-state index in [1.165, 1.54) is 0 Å². The van der Waals surface area contributed by atoms with Gasteiger partial charge in [0.15, 0.2) is 6.10 Å². The minimum atomic E-state index is -0.766. The molecule has 1 heterocycles. The molecule has 3 aromatic rings. The van der Waals surface area contributed by atoms with Gasteiger partial charge in [0.1, 0.15) is 18.1 Å². The van der Waals surface area contributed by atoms with Crippen molar-refractivity contribution in [3.05, 3.63) is 90.0 Å². The minimum absolute atomic E-state index is 0.139. The molecule has 3 aromatic carbocycles. The van der Waals surface area contributed by atoms with Crippen LogP contribution in [0.15, 0.2) is 78.9 Å². The third-order valence-corrected chi connectivity index (χ3v) is 5.19. The molecule has 0 saturated carbocycles. The summed E-state index contributed by atoms with van der Waals surface area (Å²) >= 11 is 0. The lowest BCUT2D eigenvalue weighted by Crippen LogP contribution is -2.50. The number of carbonyl (C=O) groups is 2. The predicted molar refractivity (Wildman–Crippen MR) is 123 cm³/mol. The van der Waals surface area contributed by atoms with E-state index in [9.17, 15) is 9.59 Å². The second kappa shape index (κ2) is 10.0. The van der Waals surface area contributed by atoms with Crippen LogP contribution in [0.1, 0.15) is 29.3 Å². The van der Waals surface area contributed by atoms with E-state index in [0.29, 0.717) is 35.9 Å². The Morgan fingerprint density at radius 2 is 1.81 bits per heavy atom. The maximum absolute atomic E-state index is 13.5. The zero-order valence-corrected chi connectivity index (χ0v) is 18.0. The Hall–Kier alpha value is -3.80. The van der Waals surface area contributed by atoms with Crippen LogP contribution in [0.25, 0.3) is 0 Å². The number of nitrogens with zero attached hydrogens (tertiary/aromatic N) is 1. The standard InChI is InChI=1S/C26H26N2O4/c1-2-15-27-25(29)24-17-28(22-13-6-7-14-23(22)32-24)26(30)20-11-8-12-21(16-20)31-18-19-9-4-3-5-10-19/h3-14,16,24H,2,15,17-18H2,1H3,(H,27,29). The number of anilines is 1. The zero-order valence-electron chi connectivity index (χ0n) is 18.0. The van der Waals surface area contributed by atoms with Crippen LogP contribution in [0, 0.1) is 0 Å². The molecule has 32 heavy (non-hydrogen) atoms. The maximum atomic E-state index is 13.5. The number of ether oxygens (including phenoxy) is 2. The highest BCUT2D eigenvalue weighted by atomic mass is 16.5. The fourth-order valence-corrected chi connectivity index (χ4v) is 3.54. The van der Waals surface area contributed by atoms with Crippen LogP contribution in [0.3, 0.4) is 0 Å². The molecule has 0 bridgehead atoms. The van der Waals surface area contributed by atoms with Crippen molar-refractivity contribution in [2.45, 2.75) is 26.1 Å². The number of amides is 2. The van der Waals surface area contributed by atoms with E-state index in [1.54, 1.807) is 29.2 Å². The number of hydrogen-bond donors (Lipinski definition) is 1. The van der Waals surface area contributed by atoms with E-state index >= 15 is 0 Å². The van der Waals surface area contributed by atoms with Gasteiger partial charge in [-0.15, -0.1) is 0 Å². The number of carbonyl (C=O) groups excluding carboxylic acids is 2. The highest BCUT2D eigenvalue weighted by Gasteiger charge is 2.34. The van der Waals surface area contributed by atoms with E-state index in [1.807, 2.05) is 61.5 Å². The summed E-state index contributed by atoms with van der Waals surface area (Å²) in [5, 5.41) is 2.85. The van der Waals surface area contributed by atoms with Crippen LogP contribution in [-0.2, 0) is 11.4 Å². The minimum Gasteiger partial charge on any atom is -0.489 e. The topological polar surface area (TPSA) is 67.9 Å². The van der Waals surface area contributed by atoms with Crippen molar-refractivity contribution in [3.8, 4) is 11.5 Å². The Bertz CT molecular complexity index is 1080. The lowest BCUT2D eigenvalue weighted by molar-refractivity contribution is -0.127. The van der Waals surface area contributed by atoms with Gasteiger partial charge in [-0.05, 0) is 42.3 Å². The molecule has 1 N–H and O–H groups in total. The van der Waals surface area contributed by atoms with Gasteiger partial charge in [-0.2, -0.15) is 0 Å². The Morgan fingerprint density at radius 3 is 2.62 bits per heavy atom. The molecule has 0 spiro atoms. The van der Waals surface area contributed by atoms with Gasteiger partial charge < -0.3 is 19.7 Å². The Labute approximate surface area is 187 Å². The van der Waals surface area contributed by atoms with Gasteiger partial charge in [-0.3, -0.25) is 9.59 Å². The molecule has 2 amide bonds. The molecular weight excluding hydrogens is 404 g/mol. The molecule has 164 valence electrons. The summed E-state index contributed by atoms with van der Waals surface area (Å²) in [5.41, 5.74) is 2.18. The van der Waals surface area contributed by atoms with Crippen molar-refractivity contribution >= 4 is 17.5 Å². The zero-order chi connectivity index (χ0) is 22.3. The lowest BCUT2D eigenvalue weighted by atomic mass is 10.1. The van der Waals surface area contributed by atoms with Crippen LogP contribution in [-0.4, -0.2) is 31.0 Å². The molecule has 1 unspecified atom stereocenters. The quantitative estimate of drug-likeness (QED) is 0.610. The van der Waals surface area contributed by atoms with Crippen LogP contribution in [0.5, 0.6) is 11.5 Å². The van der Waals surface area contributed by atoms with Crippen molar-refractivity contribution in [2.75, 3.05) is 18.0 Å². The van der Waals surface area contributed by atoms with Crippen molar-refractivity contribution in [2.24, 2.45) is 0 Å². The van der Waals surface area contributed by atoms with Crippen LogP contribution in [0.2, 0.25) is 0 Å². The molecule has 1 aliphatic rings. The lowest BCUT2D eigenvalue weighted by Gasteiger charge is -2.34. The summed E-state index contributed by atoms with van der Waals surface area (Å²) in [4.78, 5) is 27.6. The molecule has 0 aromatic heterocycles. The van der Waals surface area contributed by atoms with Crippen molar-refractivity contribution < 1.29 is 19.1 Å². The van der Waals surface area contributed by atoms with Crippen LogP contribution >= 0.6 is 0 Å². The van der Waals surface area contributed by atoms with Gasteiger partial charge in [0.05, 0.1) is 12.2 Å². The first-order valence-corrected chi connectivity index (χ1v) is 10.8. The second-order valence-electron chi connectivity index (χ2n) is 7.58. The summed E-state index contributed by atoms with van der Waals surface area (Å²) in [7, 11) is 0. The fourth-order valence-electron chi connectivity index (χ4n) is 3.54. The van der Waals surface area contributed by atoms with E-state index in [0.717, 1.165) is 12.0 Å². The predicted octanol–water partition coefficient (Wildman–Crippen LogP) is 4.20. The molecule has 6 heteroatoms. The first kappa shape index (κ1) is 21.4. The first-order chi connectivity index (χ1) is 15.7. The average molecular weight is 431 g/mol. The molecule has 6 nitrogen and oxygen atoms in total. The third kappa shape index (κ3) is 4.91. The number of nitrogens with one attached hydrogen (secondary N) is 1. The van der Waals surface area contributed by atoms with Crippen molar-refractivity contribution in [1.29, 1.82) is 0 Å². The summed E-state index contributed by atoms with van der Waals surface area (Å²) in [6.45, 7) is 3.11. The smallest absolute Gasteiger partial charge is 0.262 e. The van der Waals surface area contributed by atoms with Gasteiger partial charge in [0.25, 0.3) is 11.8 Å². The van der Waals surface area contributed by atoms with Gasteiger partial charge in [0, 0.05) is 12.1 Å². The third-order valence-electron chi connectivity index (χ3n) is 5.19. The van der Waals surface area contributed by atoms with Crippen molar-refractivity contribution in [3.63, 3.8) is 0 Å². The molecule has 4 rings (SSSR count). The summed E-state index contributed by atoms with van der Waals surface area (Å²) in [6.07, 6.45) is 0.0610. The summed E-state index contributed by atoms with van der Waals surface area (Å²) in [5.74, 6) is 0.692. The monoisotopic (exact) mass is 430 g/mol. The molecule has 0 radical (unpaired) electrons. The number of para-hydroxylation sites is 2. The van der Waals surface area contributed by atoms with E-state index in [2.05, 4.69) is 5.32 Å². The molecule has 0 aliphatic carbocycles. The van der Waals surface area contributed by atoms with Gasteiger partial charge in [-0.25, -0.2) is 0 Å². The first-order valence-electron chi connectivity index (χ1n) is 10.8. The highest BCUT2D eigenvalue weighted by Crippen LogP contribution is 2.34. The second-order valence-corrected chi connectivity index (χ2v) is 7.58. The maximum Gasteiger partial charge on any atom is 0.262 e. The largest absolute Gasteiger partial charge is 0.489 e. The Kier molecular flexibility index (Phi) is 6.70. The van der Waals surface area contributed by atoms with Crippen LogP contribution in [0.4, 0.5) is 5.69 Å². The van der Waals surface area contributed by atoms with Gasteiger partial charge in [-0.1, -0.05) is 55.5 Å².